The van der Waals surface area contributed by atoms with Gasteiger partial charge in [0.2, 0.25) is 0 Å². The average molecular weight is 115 g/mol. The van der Waals surface area contributed by atoms with E-state index in [1.54, 1.807) is 0 Å². The molecule has 0 bridgehead atoms. The molecule has 0 amide bonds. The van der Waals surface area contributed by atoms with Gasteiger partial charge >= 0.3 is 0 Å². The Hall–Kier alpha value is -0.700. The van der Waals surface area contributed by atoms with Crippen molar-refractivity contribution in [2.45, 2.75) is 19.8 Å². The van der Waals surface area contributed by atoms with E-state index in [2.05, 4.69) is 12.3 Å². The van der Waals surface area contributed by atoms with Crippen LogP contribution in [0.4, 0.5) is 0 Å². The molecule has 0 aromatic rings. The third-order valence-electron chi connectivity index (χ3n) is 0.906. The maximum absolute atomic E-state index is 5.16. The number of hydrogen-bond acceptors (Lipinski definition) is 3. The predicted octanol–water partition coefficient (Wildman–Crippen LogP) is 0.0499. The van der Waals surface area contributed by atoms with Crippen molar-refractivity contribution >= 4 is 0 Å². The Labute approximate surface area is 49.7 Å². The molecule has 0 aromatic carbocycles. The van der Waals surface area contributed by atoms with E-state index < -0.39 is 0 Å². The van der Waals surface area contributed by atoms with Crippen LogP contribution in [0.3, 0.4) is 0 Å². The van der Waals surface area contributed by atoms with Crippen LogP contribution in [0, 0.1) is 0 Å². The summed E-state index contributed by atoms with van der Waals surface area (Å²) < 4.78 is 0. The second-order valence-corrected chi connectivity index (χ2v) is 1.59. The Morgan fingerprint density at radius 2 is 2.38 bits per heavy atom. The lowest BCUT2D eigenvalue weighted by Gasteiger charge is -2.00. The van der Waals surface area contributed by atoms with Crippen molar-refractivity contribution < 1.29 is 0 Å². The molecule has 0 atom stereocenters. The van der Waals surface area contributed by atoms with Crippen molar-refractivity contribution in [2.24, 2.45) is 11.6 Å². The lowest BCUT2D eigenvalue weighted by Crippen LogP contribution is -2.21. The van der Waals surface area contributed by atoms with E-state index in [9.17, 15) is 0 Å². The molecule has 8 heavy (non-hydrogen) atoms. The van der Waals surface area contributed by atoms with Crippen molar-refractivity contribution in [1.29, 1.82) is 0 Å². The minimum absolute atomic E-state index is 0.896. The summed E-state index contributed by atoms with van der Waals surface area (Å²) in [6.45, 7) is 2.07. The molecule has 0 fully saturated rings. The first-order chi connectivity index (χ1) is 3.85. The van der Waals surface area contributed by atoms with Gasteiger partial charge in [-0.25, -0.2) is 0 Å². The third-order valence-corrected chi connectivity index (χ3v) is 0.906. The summed E-state index contributed by atoms with van der Waals surface area (Å²) in [5.41, 5.74) is 8.55. The first kappa shape index (κ1) is 7.30. The Bertz CT molecular complexity index is 77.7. The van der Waals surface area contributed by atoms with Gasteiger partial charge in [0, 0.05) is 11.9 Å². The van der Waals surface area contributed by atoms with Crippen molar-refractivity contribution in [3.63, 3.8) is 0 Å². The van der Waals surface area contributed by atoms with E-state index in [0.717, 1.165) is 18.5 Å². The molecule has 3 heteroatoms. The van der Waals surface area contributed by atoms with E-state index in [1.165, 1.54) is 6.20 Å². The van der Waals surface area contributed by atoms with E-state index in [4.69, 9.17) is 11.6 Å². The molecule has 48 valence electrons. The molecule has 0 unspecified atom stereocenters. The highest BCUT2D eigenvalue weighted by Crippen LogP contribution is 1.94. The van der Waals surface area contributed by atoms with Crippen molar-refractivity contribution in [3.8, 4) is 0 Å². The summed E-state index contributed by atoms with van der Waals surface area (Å²) in [4.78, 5) is 0. The van der Waals surface area contributed by atoms with Crippen molar-refractivity contribution in [2.75, 3.05) is 0 Å². The molecular weight excluding hydrogens is 102 g/mol. The molecule has 0 aromatic heterocycles. The summed E-state index contributed by atoms with van der Waals surface area (Å²) in [6.07, 6.45) is 3.48. The van der Waals surface area contributed by atoms with Crippen LogP contribution in [-0.4, -0.2) is 0 Å². The predicted molar refractivity (Wildman–Crippen MR) is 34.5 cm³/mol. The molecule has 0 saturated heterocycles. The molecule has 0 aliphatic carbocycles. The molecule has 0 radical (unpaired) electrons. The topological polar surface area (TPSA) is 64.1 Å². The van der Waals surface area contributed by atoms with Gasteiger partial charge in [-0.15, -0.1) is 0 Å². The Morgan fingerprint density at radius 1 is 1.75 bits per heavy atom. The fraction of sp³-hybridized carbons (Fsp3) is 0.600. The standard InChI is InChI=1S/C5H13N3/c1-2-3-5(4-6)8-7/h4,8H,2-3,6-7H2,1H3/b5-4-. The van der Waals surface area contributed by atoms with Crippen LogP contribution in [0.1, 0.15) is 19.8 Å². The molecule has 3 nitrogen and oxygen atoms in total. The number of nitrogens with two attached hydrogens (primary N) is 2. The summed E-state index contributed by atoms with van der Waals surface area (Å²) in [5, 5.41) is 0. The number of nitrogens with one attached hydrogen (secondary N) is 1. The van der Waals surface area contributed by atoms with Crippen LogP contribution in [0.2, 0.25) is 0 Å². The van der Waals surface area contributed by atoms with Crippen LogP contribution in [0.15, 0.2) is 11.9 Å². The van der Waals surface area contributed by atoms with Gasteiger partial charge in [-0.3, -0.25) is 5.84 Å². The summed E-state index contributed by atoms with van der Waals surface area (Å²) in [7, 11) is 0. The minimum atomic E-state index is 0.896. The molecular formula is C5H13N3. The van der Waals surface area contributed by atoms with Crippen LogP contribution in [-0.2, 0) is 0 Å². The van der Waals surface area contributed by atoms with Gasteiger partial charge < -0.3 is 11.2 Å². The SMILES string of the molecule is CCC/C(=C/N)NN. The first-order valence-electron chi connectivity index (χ1n) is 2.72. The average Bonchev–Trinajstić information content (AvgIpc) is 1.83. The number of allylic oxidation sites excluding steroid dienone is 1. The van der Waals surface area contributed by atoms with Crippen LogP contribution in [0.25, 0.3) is 0 Å². The Morgan fingerprint density at radius 3 is 2.50 bits per heavy atom. The van der Waals surface area contributed by atoms with Gasteiger partial charge in [-0.05, 0) is 6.42 Å². The highest BCUT2D eigenvalue weighted by Gasteiger charge is 1.86. The second kappa shape index (κ2) is 4.46. The van der Waals surface area contributed by atoms with E-state index in [-0.39, 0.29) is 0 Å². The summed E-state index contributed by atoms with van der Waals surface area (Å²) >= 11 is 0. The fourth-order valence-electron chi connectivity index (χ4n) is 0.473. The van der Waals surface area contributed by atoms with E-state index in [0.29, 0.717) is 0 Å². The fourth-order valence-corrected chi connectivity index (χ4v) is 0.473. The summed E-state index contributed by atoms with van der Waals surface area (Å²) in [6, 6.07) is 0. The molecule has 0 saturated carbocycles. The van der Waals surface area contributed by atoms with Crippen molar-refractivity contribution in [3.05, 3.63) is 11.9 Å². The lowest BCUT2D eigenvalue weighted by molar-refractivity contribution is 0.768. The Kier molecular flexibility index (Phi) is 4.07. The maximum Gasteiger partial charge on any atom is 0.0413 e. The number of hydrazine groups is 1. The second-order valence-electron chi connectivity index (χ2n) is 1.59. The van der Waals surface area contributed by atoms with Gasteiger partial charge in [-0.2, -0.15) is 0 Å². The van der Waals surface area contributed by atoms with Gasteiger partial charge in [0.05, 0.1) is 0 Å². The van der Waals surface area contributed by atoms with E-state index in [1.807, 2.05) is 0 Å². The minimum Gasteiger partial charge on any atom is -0.403 e. The van der Waals surface area contributed by atoms with Crippen molar-refractivity contribution in [1.82, 2.24) is 5.43 Å². The quantitative estimate of drug-likeness (QED) is 0.359. The first-order valence-corrected chi connectivity index (χ1v) is 2.72. The van der Waals surface area contributed by atoms with Gasteiger partial charge in [0.1, 0.15) is 0 Å². The zero-order chi connectivity index (χ0) is 6.41. The summed E-state index contributed by atoms with van der Waals surface area (Å²) in [5.74, 6) is 5.07. The smallest absolute Gasteiger partial charge is 0.0413 e. The normalized spacial score (nSPS) is 11.5. The molecule has 0 spiro atoms. The highest BCUT2D eigenvalue weighted by atomic mass is 15.2. The van der Waals surface area contributed by atoms with Crippen LogP contribution >= 0.6 is 0 Å². The zero-order valence-electron chi connectivity index (χ0n) is 5.15. The van der Waals surface area contributed by atoms with Crippen LogP contribution in [0.5, 0.6) is 0 Å². The van der Waals surface area contributed by atoms with E-state index >= 15 is 0 Å². The van der Waals surface area contributed by atoms with Gasteiger partial charge in [0.15, 0.2) is 0 Å². The maximum atomic E-state index is 5.16. The van der Waals surface area contributed by atoms with Gasteiger partial charge in [0.25, 0.3) is 0 Å². The number of hydrogen-bond donors (Lipinski definition) is 3. The monoisotopic (exact) mass is 115 g/mol. The highest BCUT2D eigenvalue weighted by molar-refractivity contribution is 4.93. The zero-order valence-corrected chi connectivity index (χ0v) is 5.15. The third kappa shape index (κ3) is 2.47. The Balaban J connectivity index is 3.38. The molecule has 0 rings (SSSR count). The molecule has 0 aliphatic heterocycles. The molecule has 0 heterocycles. The van der Waals surface area contributed by atoms with Crippen LogP contribution < -0.4 is 17.0 Å². The lowest BCUT2D eigenvalue weighted by atomic mass is 10.3. The largest absolute Gasteiger partial charge is 0.403 e. The molecule has 0 aliphatic rings. The number of rotatable bonds is 3. The van der Waals surface area contributed by atoms with Gasteiger partial charge in [-0.1, -0.05) is 13.3 Å². The molecule has 5 N–H and O–H groups in total.